The van der Waals surface area contributed by atoms with Crippen molar-refractivity contribution in [2.45, 2.75) is 57.9 Å². The summed E-state index contributed by atoms with van der Waals surface area (Å²) in [6, 6.07) is 14.7. The molecule has 1 aliphatic heterocycles. The van der Waals surface area contributed by atoms with Gasteiger partial charge in [-0.05, 0) is 54.5 Å². The largest absolute Gasteiger partial charge is 0.507 e. The molecule has 0 aliphatic carbocycles. The van der Waals surface area contributed by atoms with Gasteiger partial charge in [-0.2, -0.15) is 0 Å². The lowest BCUT2D eigenvalue weighted by Crippen LogP contribution is -2.46. The predicted molar refractivity (Wildman–Crippen MR) is 125 cm³/mol. The molecule has 32 heavy (non-hydrogen) atoms. The molecule has 1 heterocycles. The predicted octanol–water partition coefficient (Wildman–Crippen LogP) is 4.27. The number of carbonyl (C=O) groups excluding carboxylic acids is 2. The first kappa shape index (κ1) is 23.6. The van der Waals surface area contributed by atoms with Crippen LogP contribution in [0.2, 0.25) is 0 Å². The quantitative estimate of drug-likeness (QED) is 0.633. The summed E-state index contributed by atoms with van der Waals surface area (Å²) in [4.78, 5) is 26.7. The van der Waals surface area contributed by atoms with Crippen LogP contribution in [-0.2, 0) is 10.2 Å². The second-order valence-corrected chi connectivity index (χ2v) is 9.37. The summed E-state index contributed by atoms with van der Waals surface area (Å²) >= 11 is 0. The van der Waals surface area contributed by atoms with Gasteiger partial charge in [0.25, 0.3) is 5.91 Å². The summed E-state index contributed by atoms with van der Waals surface area (Å²) in [5, 5.41) is 12.8. The number of rotatable bonds is 7. The maximum Gasteiger partial charge on any atom is 0.255 e. The molecule has 3 rings (SSSR count). The van der Waals surface area contributed by atoms with Gasteiger partial charge in [0.2, 0.25) is 5.91 Å². The van der Waals surface area contributed by atoms with Crippen molar-refractivity contribution in [3.63, 3.8) is 0 Å². The average Bonchev–Trinajstić information content (AvgIpc) is 2.77. The van der Waals surface area contributed by atoms with Gasteiger partial charge in [-0.15, -0.1) is 0 Å². The molecule has 6 nitrogen and oxygen atoms in total. The minimum atomic E-state index is -0.277. The fourth-order valence-corrected chi connectivity index (χ4v) is 3.82. The van der Waals surface area contributed by atoms with E-state index in [0.29, 0.717) is 45.4 Å². The van der Waals surface area contributed by atoms with Crippen LogP contribution in [-0.4, -0.2) is 47.6 Å². The summed E-state index contributed by atoms with van der Waals surface area (Å²) in [5.41, 5.74) is 1.66. The molecule has 0 unspecified atom stereocenters. The van der Waals surface area contributed by atoms with E-state index in [9.17, 15) is 14.7 Å². The van der Waals surface area contributed by atoms with Crippen LogP contribution in [0.5, 0.6) is 11.5 Å². The van der Waals surface area contributed by atoms with Crippen LogP contribution in [0.3, 0.4) is 0 Å². The number of nitrogens with one attached hydrogen (secondary N) is 1. The van der Waals surface area contributed by atoms with E-state index in [-0.39, 0.29) is 34.6 Å². The lowest BCUT2D eigenvalue weighted by molar-refractivity contribution is -0.132. The van der Waals surface area contributed by atoms with Crippen molar-refractivity contribution < 1.29 is 19.4 Å². The molecule has 1 saturated heterocycles. The molecular formula is C26H34N2O4. The first-order valence-electron chi connectivity index (χ1n) is 11.3. The van der Waals surface area contributed by atoms with Gasteiger partial charge < -0.3 is 20.1 Å². The van der Waals surface area contributed by atoms with Crippen LogP contribution < -0.4 is 10.1 Å². The highest BCUT2D eigenvalue weighted by molar-refractivity contribution is 5.96. The van der Waals surface area contributed by atoms with E-state index < -0.39 is 0 Å². The molecule has 1 fully saturated rings. The van der Waals surface area contributed by atoms with Crippen molar-refractivity contribution in [1.82, 2.24) is 10.2 Å². The molecule has 2 N–H and O–H groups in total. The number of aromatic hydroxyl groups is 1. The molecule has 2 aromatic rings. The third-order valence-electron chi connectivity index (χ3n) is 5.86. The topological polar surface area (TPSA) is 78.9 Å². The second-order valence-electron chi connectivity index (χ2n) is 9.37. The van der Waals surface area contributed by atoms with Gasteiger partial charge in [0.1, 0.15) is 11.5 Å². The smallest absolute Gasteiger partial charge is 0.255 e. The van der Waals surface area contributed by atoms with Crippen molar-refractivity contribution in [1.29, 1.82) is 0 Å². The monoisotopic (exact) mass is 438 g/mol. The highest BCUT2D eigenvalue weighted by atomic mass is 16.5. The highest BCUT2D eigenvalue weighted by Gasteiger charge is 2.24. The first-order valence-corrected chi connectivity index (χ1v) is 11.3. The van der Waals surface area contributed by atoms with Crippen molar-refractivity contribution >= 4 is 11.8 Å². The minimum Gasteiger partial charge on any atom is -0.507 e. The first-order chi connectivity index (χ1) is 15.2. The Hall–Kier alpha value is -3.02. The number of para-hydroxylation sites is 1. The summed E-state index contributed by atoms with van der Waals surface area (Å²) < 4.78 is 5.79. The summed E-state index contributed by atoms with van der Waals surface area (Å²) in [7, 11) is 0. The number of hydrogen-bond acceptors (Lipinski definition) is 4. The lowest BCUT2D eigenvalue weighted by atomic mass is 9.87. The van der Waals surface area contributed by atoms with E-state index in [0.717, 1.165) is 5.75 Å². The third-order valence-corrected chi connectivity index (χ3v) is 5.86. The number of amides is 2. The Kier molecular flexibility index (Phi) is 7.78. The molecule has 6 heteroatoms. The fourth-order valence-electron chi connectivity index (χ4n) is 3.82. The second kappa shape index (κ2) is 10.5. The Bertz CT molecular complexity index is 910. The van der Waals surface area contributed by atoms with Crippen LogP contribution in [0.15, 0.2) is 48.5 Å². The van der Waals surface area contributed by atoms with Gasteiger partial charge in [0.05, 0.1) is 12.2 Å². The van der Waals surface area contributed by atoms with Crippen LogP contribution in [0.25, 0.3) is 0 Å². The highest BCUT2D eigenvalue weighted by Crippen LogP contribution is 2.24. The Labute approximate surface area is 190 Å². The van der Waals surface area contributed by atoms with Crippen LogP contribution in [0.1, 0.15) is 62.4 Å². The summed E-state index contributed by atoms with van der Waals surface area (Å²) in [5.74, 6) is 0.652. The maximum absolute atomic E-state index is 12.5. The van der Waals surface area contributed by atoms with Crippen LogP contribution in [0, 0.1) is 0 Å². The molecule has 0 spiro atoms. The van der Waals surface area contributed by atoms with E-state index in [2.05, 4.69) is 38.2 Å². The number of nitrogens with zero attached hydrogens (tertiary/aromatic N) is 1. The Morgan fingerprint density at radius 2 is 1.72 bits per heavy atom. The number of phenolic OH excluding ortho intramolecular Hbond substituents is 1. The minimum absolute atomic E-state index is 0.00515. The van der Waals surface area contributed by atoms with E-state index in [1.165, 1.54) is 11.6 Å². The number of likely N-dealkylation sites (tertiary alicyclic amines) is 1. The van der Waals surface area contributed by atoms with E-state index in [4.69, 9.17) is 4.74 Å². The molecule has 0 atom stereocenters. The molecule has 172 valence electrons. The average molecular weight is 439 g/mol. The maximum atomic E-state index is 12.5. The Morgan fingerprint density at radius 3 is 2.34 bits per heavy atom. The molecule has 2 amide bonds. The zero-order valence-corrected chi connectivity index (χ0v) is 19.3. The number of benzene rings is 2. The molecule has 1 aliphatic rings. The van der Waals surface area contributed by atoms with Crippen molar-refractivity contribution in [2.75, 3.05) is 19.7 Å². The lowest BCUT2D eigenvalue weighted by Gasteiger charge is -2.32. The number of phenols is 1. The number of hydrogen-bond donors (Lipinski definition) is 2. The fraction of sp³-hybridized carbons (Fsp3) is 0.462. The van der Waals surface area contributed by atoms with Gasteiger partial charge >= 0.3 is 0 Å². The van der Waals surface area contributed by atoms with Crippen molar-refractivity contribution in [3.05, 3.63) is 59.7 Å². The summed E-state index contributed by atoms with van der Waals surface area (Å²) in [6.07, 6.45) is 2.54. The van der Waals surface area contributed by atoms with Crippen LogP contribution in [0.4, 0.5) is 0 Å². The van der Waals surface area contributed by atoms with Crippen molar-refractivity contribution in [2.24, 2.45) is 0 Å². The van der Waals surface area contributed by atoms with E-state index in [1.54, 1.807) is 18.2 Å². The molecule has 0 saturated carbocycles. The molecule has 0 bridgehead atoms. The SMILES string of the molecule is CC(C)(C)c1ccc(OCCCC(=O)N2CCC(NC(=O)c3ccccc3O)CC2)cc1. The Balaban J connectivity index is 1.35. The van der Waals surface area contributed by atoms with E-state index in [1.807, 2.05) is 17.0 Å². The molecular weight excluding hydrogens is 404 g/mol. The zero-order chi connectivity index (χ0) is 23.1. The van der Waals surface area contributed by atoms with Gasteiger partial charge in [0, 0.05) is 25.6 Å². The Morgan fingerprint density at radius 1 is 1.06 bits per heavy atom. The molecule has 0 aromatic heterocycles. The number of carbonyl (C=O) groups is 2. The van der Waals surface area contributed by atoms with Gasteiger partial charge in [0.15, 0.2) is 0 Å². The standard InChI is InChI=1S/C26H34N2O4/c1-26(2,3)19-10-12-21(13-11-19)32-18-6-9-24(30)28-16-14-20(15-17-28)27-25(31)22-7-4-5-8-23(22)29/h4-5,7-8,10-13,20,29H,6,9,14-18H2,1-3H3,(H,27,31). The zero-order valence-electron chi connectivity index (χ0n) is 19.3. The normalized spacial score (nSPS) is 14.8. The van der Waals surface area contributed by atoms with Crippen molar-refractivity contribution in [3.8, 4) is 11.5 Å². The van der Waals surface area contributed by atoms with E-state index >= 15 is 0 Å². The molecule has 0 radical (unpaired) electrons. The van der Waals surface area contributed by atoms with Gasteiger partial charge in [-0.1, -0.05) is 45.0 Å². The van der Waals surface area contributed by atoms with Gasteiger partial charge in [-0.25, -0.2) is 0 Å². The van der Waals surface area contributed by atoms with Crippen LogP contribution >= 0.6 is 0 Å². The third kappa shape index (κ3) is 6.49. The summed E-state index contributed by atoms with van der Waals surface area (Å²) in [6.45, 7) is 8.30. The number of ether oxygens (including phenoxy) is 1. The van der Waals surface area contributed by atoms with Gasteiger partial charge in [-0.3, -0.25) is 9.59 Å². The number of piperidine rings is 1. The molecule has 2 aromatic carbocycles.